The number of halogens is 5. The first-order valence-electron chi connectivity index (χ1n) is 8.47. The quantitative estimate of drug-likeness (QED) is 0.550. The van der Waals surface area contributed by atoms with Crippen LogP contribution in [-0.2, 0) is 5.92 Å². The van der Waals surface area contributed by atoms with E-state index in [1.807, 2.05) is 0 Å². The molecule has 0 spiro atoms. The molecule has 1 heterocycles. The summed E-state index contributed by atoms with van der Waals surface area (Å²) in [5, 5.41) is 3.56. The third-order valence-corrected chi connectivity index (χ3v) is 5.56. The van der Waals surface area contributed by atoms with Gasteiger partial charge < -0.3 is 5.32 Å². The minimum Gasteiger partial charge on any atom is -0.364 e. The van der Waals surface area contributed by atoms with Crippen molar-refractivity contribution in [1.82, 2.24) is 9.55 Å². The van der Waals surface area contributed by atoms with Crippen LogP contribution in [0.1, 0.15) is 18.9 Å². The fraction of sp³-hybridized carbons (Fsp3) is 0.263. The summed E-state index contributed by atoms with van der Waals surface area (Å²) in [6, 6.07) is 8.81. The summed E-state index contributed by atoms with van der Waals surface area (Å²) >= 11 is 9.41. The Hall–Kier alpha value is -2.06. The van der Waals surface area contributed by atoms with Crippen LogP contribution in [0.2, 0.25) is 5.02 Å². The van der Waals surface area contributed by atoms with Crippen LogP contribution in [0.15, 0.2) is 45.7 Å². The molecule has 1 aliphatic carbocycles. The number of rotatable bonds is 4. The fourth-order valence-electron chi connectivity index (χ4n) is 3.05. The Balaban J connectivity index is 2.06. The second-order valence-corrected chi connectivity index (χ2v) is 8.03. The minimum absolute atomic E-state index is 0.153. The maximum atomic E-state index is 14.1. The molecular formula is C19H14BrClF3N3O. The lowest BCUT2D eigenvalue weighted by atomic mass is 10.1. The topological polar surface area (TPSA) is 46.9 Å². The van der Waals surface area contributed by atoms with E-state index in [0.29, 0.717) is 17.5 Å². The number of alkyl halides is 3. The number of fused-ring (bicyclic) bond motifs is 1. The van der Waals surface area contributed by atoms with Crippen LogP contribution in [0.4, 0.5) is 19.0 Å². The van der Waals surface area contributed by atoms with Crippen molar-refractivity contribution in [2.24, 2.45) is 0 Å². The highest BCUT2D eigenvalue weighted by Gasteiger charge is 2.38. The molecule has 2 aromatic carbocycles. The summed E-state index contributed by atoms with van der Waals surface area (Å²) in [7, 11) is 0. The molecule has 1 aromatic heterocycles. The third-order valence-electron chi connectivity index (χ3n) is 4.58. The number of anilines is 1. The summed E-state index contributed by atoms with van der Waals surface area (Å²) in [5.41, 5.74) is -0.467. The fourth-order valence-corrected chi connectivity index (χ4v) is 3.96. The Morgan fingerprint density at radius 2 is 2.00 bits per heavy atom. The van der Waals surface area contributed by atoms with Crippen LogP contribution in [0.5, 0.6) is 0 Å². The maximum Gasteiger partial charge on any atom is 0.354 e. The summed E-state index contributed by atoms with van der Waals surface area (Å²) < 4.78 is 42.9. The molecule has 3 aromatic rings. The molecule has 146 valence electrons. The lowest BCUT2D eigenvalue weighted by Crippen LogP contribution is -2.25. The molecule has 4 nitrogen and oxygen atoms in total. The molecule has 1 saturated carbocycles. The van der Waals surface area contributed by atoms with Gasteiger partial charge in [0, 0.05) is 28.8 Å². The number of nitrogens with one attached hydrogen (secondary N) is 1. The monoisotopic (exact) mass is 471 g/mol. The molecule has 0 aliphatic heterocycles. The lowest BCUT2D eigenvalue weighted by Gasteiger charge is -2.19. The van der Waals surface area contributed by atoms with Crippen molar-refractivity contribution in [2.75, 3.05) is 5.32 Å². The van der Waals surface area contributed by atoms with Crippen molar-refractivity contribution in [3.63, 3.8) is 0 Å². The smallest absolute Gasteiger partial charge is 0.354 e. The molecule has 0 saturated heterocycles. The number of nitrogens with zero attached hydrogens (tertiary/aromatic N) is 2. The normalized spacial score (nSPS) is 19.1. The molecule has 1 aliphatic rings. The zero-order valence-electron chi connectivity index (χ0n) is 14.5. The third kappa shape index (κ3) is 3.39. The average Bonchev–Trinajstić information content (AvgIpc) is 3.30. The van der Waals surface area contributed by atoms with Gasteiger partial charge in [-0.15, -0.1) is 0 Å². The summed E-state index contributed by atoms with van der Waals surface area (Å²) in [6.07, 6.45) is -0.714. The molecule has 0 amide bonds. The van der Waals surface area contributed by atoms with Crippen molar-refractivity contribution in [1.29, 1.82) is 0 Å². The Bertz CT molecular complexity index is 1150. The van der Waals surface area contributed by atoms with Crippen molar-refractivity contribution in [3.05, 3.63) is 61.9 Å². The van der Waals surface area contributed by atoms with E-state index in [1.54, 1.807) is 24.3 Å². The second kappa shape index (κ2) is 6.77. The first-order valence-corrected chi connectivity index (χ1v) is 9.64. The summed E-state index contributed by atoms with van der Waals surface area (Å²) in [4.78, 5) is 16.8. The van der Waals surface area contributed by atoms with Gasteiger partial charge in [0.2, 0.25) is 0 Å². The van der Waals surface area contributed by atoms with Crippen LogP contribution in [0.25, 0.3) is 16.6 Å². The lowest BCUT2D eigenvalue weighted by molar-refractivity contribution is 0.0168. The zero-order valence-corrected chi connectivity index (χ0v) is 16.9. The van der Waals surface area contributed by atoms with E-state index < -0.39 is 23.8 Å². The van der Waals surface area contributed by atoms with E-state index in [4.69, 9.17) is 11.6 Å². The zero-order chi connectivity index (χ0) is 20.2. The van der Waals surface area contributed by atoms with Crippen molar-refractivity contribution >= 4 is 44.3 Å². The Morgan fingerprint density at radius 3 is 2.61 bits per heavy atom. The number of hydrogen-bond acceptors (Lipinski definition) is 3. The molecule has 9 heteroatoms. The SMILES string of the molecule is CC(F)(F)c1cc2c(cc1Br)c(N[C@H]1C[C@H]1F)nc(=O)n2-c1ccccc1Cl. The Kier molecular flexibility index (Phi) is 4.66. The summed E-state index contributed by atoms with van der Waals surface area (Å²) in [6.45, 7) is 0.773. The van der Waals surface area contributed by atoms with Gasteiger partial charge >= 0.3 is 5.69 Å². The summed E-state index contributed by atoms with van der Waals surface area (Å²) in [5.74, 6) is -2.99. The molecule has 28 heavy (non-hydrogen) atoms. The van der Waals surface area contributed by atoms with Crippen LogP contribution in [0, 0.1) is 0 Å². The number of benzene rings is 2. The van der Waals surface area contributed by atoms with Crippen molar-refractivity contribution in [3.8, 4) is 5.69 Å². The minimum atomic E-state index is -3.15. The first kappa shape index (κ1) is 19.3. The molecule has 4 rings (SSSR count). The Labute approximate surface area is 171 Å². The first-order chi connectivity index (χ1) is 13.2. The number of hydrogen-bond donors (Lipinski definition) is 1. The van der Waals surface area contributed by atoms with Gasteiger partial charge in [-0.05, 0) is 24.3 Å². The largest absolute Gasteiger partial charge is 0.364 e. The van der Waals surface area contributed by atoms with Gasteiger partial charge in [-0.2, -0.15) is 4.98 Å². The van der Waals surface area contributed by atoms with E-state index in [9.17, 15) is 18.0 Å². The van der Waals surface area contributed by atoms with Gasteiger partial charge in [0.1, 0.15) is 12.0 Å². The molecule has 0 bridgehead atoms. The van der Waals surface area contributed by atoms with Crippen LogP contribution in [0.3, 0.4) is 0 Å². The van der Waals surface area contributed by atoms with Gasteiger partial charge in [-0.3, -0.25) is 4.57 Å². The van der Waals surface area contributed by atoms with Gasteiger partial charge in [0.05, 0.1) is 22.3 Å². The highest BCUT2D eigenvalue weighted by Crippen LogP contribution is 2.39. The van der Waals surface area contributed by atoms with Crippen LogP contribution in [-0.4, -0.2) is 21.8 Å². The highest BCUT2D eigenvalue weighted by molar-refractivity contribution is 9.10. The second-order valence-electron chi connectivity index (χ2n) is 6.77. The average molecular weight is 473 g/mol. The van der Waals surface area contributed by atoms with Gasteiger partial charge in [-0.25, -0.2) is 18.0 Å². The van der Waals surface area contributed by atoms with Crippen LogP contribution >= 0.6 is 27.5 Å². The van der Waals surface area contributed by atoms with Gasteiger partial charge in [-0.1, -0.05) is 39.7 Å². The van der Waals surface area contributed by atoms with Crippen molar-refractivity contribution in [2.45, 2.75) is 31.5 Å². The van der Waals surface area contributed by atoms with E-state index in [0.717, 1.165) is 6.92 Å². The van der Waals surface area contributed by atoms with E-state index in [2.05, 4.69) is 26.2 Å². The highest BCUT2D eigenvalue weighted by atomic mass is 79.9. The Morgan fingerprint density at radius 1 is 1.32 bits per heavy atom. The maximum absolute atomic E-state index is 14.1. The van der Waals surface area contributed by atoms with Gasteiger partial charge in [0.25, 0.3) is 5.92 Å². The number of aromatic nitrogens is 2. The van der Waals surface area contributed by atoms with E-state index in [1.165, 1.54) is 16.7 Å². The predicted octanol–water partition coefficient (Wildman–Crippen LogP) is 5.44. The molecule has 1 fully saturated rings. The molecule has 0 radical (unpaired) electrons. The predicted molar refractivity (Wildman–Crippen MR) is 107 cm³/mol. The van der Waals surface area contributed by atoms with Crippen molar-refractivity contribution < 1.29 is 13.2 Å². The molecule has 0 unspecified atom stereocenters. The van der Waals surface area contributed by atoms with Crippen LogP contribution < -0.4 is 11.0 Å². The molecular weight excluding hydrogens is 459 g/mol. The van der Waals surface area contributed by atoms with Gasteiger partial charge in [0.15, 0.2) is 0 Å². The molecule has 1 N–H and O–H groups in total. The van der Waals surface area contributed by atoms with E-state index >= 15 is 0 Å². The number of para-hydroxylation sites is 1. The van der Waals surface area contributed by atoms with E-state index in [-0.39, 0.29) is 26.4 Å². The molecule has 2 atom stereocenters. The standard InChI is InChI=1S/C19H14BrClF3N3O/c1-19(23,24)10-7-16-9(6-11(10)20)17(25-14-8-13(14)22)26-18(28)27(16)15-5-3-2-4-12(15)21/h2-7,13-14H,8H2,1H3,(H,25,26,28)/t13-,14+/m1/s1.